The molecule has 0 aromatic heterocycles. The first-order chi connectivity index (χ1) is 8.78. The van der Waals surface area contributed by atoms with Crippen LogP contribution in [0.15, 0.2) is 40.9 Å². The van der Waals surface area contributed by atoms with Gasteiger partial charge in [-0.15, -0.1) is 0 Å². The lowest BCUT2D eigenvalue weighted by Gasteiger charge is -2.30. The maximum absolute atomic E-state index is 11.1. The predicted molar refractivity (Wildman–Crippen MR) is 72.3 cm³/mol. The monoisotopic (exact) mass is 261 g/mol. The first-order valence-corrected chi connectivity index (χ1v) is 6.74. The highest BCUT2D eigenvalue weighted by Crippen LogP contribution is 2.42. The zero-order valence-corrected chi connectivity index (χ0v) is 10.9. The van der Waals surface area contributed by atoms with E-state index in [0.29, 0.717) is 5.92 Å². The Labute approximate surface area is 112 Å². The molecule has 1 aliphatic heterocycles. The number of hydrogen-bond donors (Lipinski definition) is 0. The molecule has 1 aromatic rings. The lowest BCUT2D eigenvalue weighted by atomic mass is 9.93. The van der Waals surface area contributed by atoms with Crippen molar-refractivity contribution in [3.05, 3.63) is 46.5 Å². The second-order valence-corrected chi connectivity index (χ2v) is 5.64. The number of fused-ring (bicyclic) bond motifs is 2. The number of aldehydes is 1. The van der Waals surface area contributed by atoms with Crippen molar-refractivity contribution in [2.24, 2.45) is 11.8 Å². The van der Waals surface area contributed by atoms with E-state index in [2.05, 4.69) is 29.2 Å². The third kappa shape index (κ3) is 2.11. The van der Waals surface area contributed by atoms with Crippen molar-refractivity contribution < 1.29 is 4.79 Å². The number of carbonyl (C=O) groups is 1. The number of carbonyl (C=O) groups excluding carboxylic acids is 1. The van der Waals surface area contributed by atoms with Gasteiger partial charge in [-0.05, 0) is 23.5 Å². The van der Waals surface area contributed by atoms with Crippen LogP contribution >= 0.6 is 11.6 Å². The summed E-state index contributed by atoms with van der Waals surface area (Å²) in [5.41, 5.74) is 2.58. The second kappa shape index (κ2) is 4.87. The van der Waals surface area contributed by atoms with Crippen LogP contribution < -0.4 is 0 Å². The summed E-state index contributed by atoms with van der Waals surface area (Å²) in [7, 11) is 0. The Morgan fingerprint density at radius 3 is 2.83 bits per heavy atom. The summed E-state index contributed by atoms with van der Waals surface area (Å²) in [5.74, 6) is 0.338. The van der Waals surface area contributed by atoms with Gasteiger partial charge in [-0.1, -0.05) is 41.9 Å². The molecule has 18 heavy (non-hydrogen) atoms. The highest BCUT2D eigenvalue weighted by atomic mass is 35.5. The Morgan fingerprint density at radius 1 is 1.33 bits per heavy atom. The highest BCUT2D eigenvalue weighted by molar-refractivity contribution is 6.31. The SMILES string of the molecule is O=CC1C(Cl)=C2CC1CN(Cc1ccccc1)C2. The van der Waals surface area contributed by atoms with Gasteiger partial charge in [-0.3, -0.25) is 4.90 Å². The molecule has 3 rings (SSSR count). The summed E-state index contributed by atoms with van der Waals surface area (Å²) in [6.07, 6.45) is 2.03. The molecule has 3 heteroatoms. The zero-order valence-electron chi connectivity index (χ0n) is 10.2. The predicted octanol–water partition coefficient (Wildman–Crippen LogP) is 2.83. The van der Waals surface area contributed by atoms with E-state index in [9.17, 15) is 4.79 Å². The Bertz CT molecular complexity index is 483. The van der Waals surface area contributed by atoms with E-state index in [1.165, 1.54) is 11.1 Å². The molecule has 0 amide bonds. The van der Waals surface area contributed by atoms with Crippen LogP contribution in [0.5, 0.6) is 0 Å². The van der Waals surface area contributed by atoms with Crippen molar-refractivity contribution >= 4 is 17.9 Å². The van der Waals surface area contributed by atoms with Crippen LogP contribution in [0.2, 0.25) is 0 Å². The summed E-state index contributed by atoms with van der Waals surface area (Å²) in [6.45, 7) is 2.82. The van der Waals surface area contributed by atoms with Crippen molar-refractivity contribution in [2.45, 2.75) is 13.0 Å². The summed E-state index contributed by atoms with van der Waals surface area (Å²) < 4.78 is 0. The van der Waals surface area contributed by atoms with E-state index >= 15 is 0 Å². The van der Waals surface area contributed by atoms with Crippen molar-refractivity contribution in [1.29, 1.82) is 0 Å². The van der Waals surface area contributed by atoms with Crippen molar-refractivity contribution in [3.63, 3.8) is 0 Å². The molecule has 1 saturated heterocycles. The van der Waals surface area contributed by atoms with Crippen LogP contribution in [-0.2, 0) is 11.3 Å². The smallest absolute Gasteiger partial charge is 0.128 e. The van der Waals surface area contributed by atoms with Crippen LogP contribution in [0.25, 0.3) is 0 Å². The van der Waals surface area contributed by atoms with Crippen molar-refractivity contribution in [1.82, 2.24) is 4.90 Å². The molecule has 2 nitrogen and oxygen atoms in total. The summed E-state index contributed by atoms with van der Waals surface area (Å²) >= 11 is 6.27. The number of piperidine rings is 1. The first kappa shape index (κ1) is 11.9. The lowest BCUT2D eigenvalue weighted by Crippen LogP contribution is -2.35. The molecule has 2 atom stereocenters. The average Bonchev–Trinajstić information content (AvgIpc) is 2.61. The number of rotatable bonds is 3. The maximum Gasteiger partial charge on any atom is 0.128 e. The van der Waals surface area contributed by atoms with E-state index in [4.69, 9.17) is 11.6 Å². The molecule has 1 heterocycles. The fourth-order valence-corrected chi connectivity index (χ4v) is 3.47. The van der Waals surface area contributed by atoms with Gasteiger partial charge in [-0.25, -0.2) is 0 Å². The Kier molecular flexibility index (Phi) is 3.23. The topological polar surface area (TPSA) is 20.3 Å². The van der Waals surface area contributed by atoms with Gasteiger partial charge in [0.2, 0.25) is 0 Å². The molecule has 0 N–H and O–H groups in total. The molecule has 1 aliphatic carbocycles. The number of nitrogens with zero attached hydrogens (tertiary/aromatic N) is 1. The van der Waals surface area contributed by atoms with E-state index < -0.39 is 0 Å². The molecular weight excluding hydrogens is 246 g/mol. The molecule has 2 unspecified atom stereocenters. The number of halogens is 1. The first-order valence-electron chi connectivity index (χ1n) is 6.37. The summed E-state index contributed by atoms with van der Waals surface area (Å²) in [4.78, 5) is 13.5. The van der Waals surface area contributed by atoms with Crippen molar-refractivity contribution in [3.8, 4) is 0 Å². The minimum Gasteiger partial charge on any atom is -0.303 e. The van der Waals surface area contributed by atoms with Gasteiger partial charge in [0.25, 0.3) is 0 Å². The largest absolute Gasteiger partial charge is 0.303 e. The van der Waals surface area contributed by atoms with E-state index in [-0.39, 0.29) is 5.92 Å². The van der Waals surface area contributed by atoms with E-state index in [1.54, 1.807) is 0 Å². The van der Waals surface area contributed by atoms with Crippen LogP contribution in [0, 0.1) is 11.8 Å². The second-order valence-electron chi connectivity index (χ2n) is 5.23. The molecule has 2 aliphatic rings. The van der Waals surface area contributed by atoms with Gasteiger partial charge in [-0.2, -0.15) is 0 Å². The van der Waals surface area contributed by atoms with Gasteiger partial charge in [0.05, 0.1) is 5.92 Å². The molecule has 0 saturated carbocycles. The van der Waals surface area contributed by atoms with Gasteiger partial charge in [0, 0.05) is 24.7 Å². The number of hydrogen-bond acceptors (Lipinski definition) is 2. The Morgan fingerprint density at radius 2 is 2.11 bits per heavy atom. The highest BCUT2D eigenvalue weighted by Gasteiger charge is 2.38. The quantitative estimate of drug-likeness (QED) is 0.780. The summed E-state index contributed by atoms with van der Waals surface area (Å²) in [5, 5.41) is 0.811. The number of likely N-dealkylation sites (tertiary alicyclic amines) is 1. The number of benzene rings is 1. The van der Waals surface area contributed by atoms with Gasteiger partial charge in [0.15, 0.2) is 0 Å². The van der Waals surface area contributed by atoms with E-state index in [1.807, 2.05) is 6.07 Å². The maximum atomic E-state index is 11.1. The van der Waals surface area contributed by atoms with Crippen molar-refractivity contribution in [2.75, 3.05) is 13.1 Å². The Balaban J connectivity index is 1.74. The fourth-order valence-electron chi connectivity index (χ4n) is 3.10. The lowest BCUT2D eigenvalue weighted by molar-refractivity contribution is -0.111. The fraction of sp³-hybridized carbons (Fsp3) is 0.400. The standard InChI is InChI=1S/C15H16ClNO/c16-15-13-6-12(14(15)10-18)8-17(9-13)7-11-4-2-1-3-5-11/h1-5,10,12,14H,6-9H2. The summed E-state index contributed by atoms with van der Waals surface area (Å²) in [6, 6.07) is 10.4. The van der Waals surface area contributed by atoms with Crippen LogP contribution in [0.1, 0.15) is 12.0 Å². The minimum absolute atomic E-state index is 0.0533. The van der Waals surface area contributed by atoms with Gasteiger partial charge in [0.1, 0.15) is 6.29 Å². The van der Waals surface area contributed by atoms with Crippen LogP contribution in [-0.4, -0.2) is 24.3 Å². The number of allylic oxidation sites excluding steroid dienone is 1. The third-order valence-electron chi connectivity index (χ3n) is 3.95. The molecule has 1 fully saturated rings. The molecule has 1 aromatic carbocycles. The Hall–Kier alpha value is -1.12. The van der Waals surface area contributed by atoms with Gasteiger partial charge < -0.3 is 4.79 Å². The minimum atomic E-state index is -0.0533. The average molecular weight is 262 g/mol. The van der Waals surface area contributed by atoms with Crippen LogP contribution in [0.3, 0.4) is 0 Å². The zero-order chi connectivity index (χ0) is 12.5. The van der Waals surface area contributed by atoms with Gasteiger partial charge >= 0.3 is 0 Å². The van der Waals surface area contributed by atoms with E-state index in [0.717, 1.165) is 37.4 Å². The molecule has 94 valence electrons. The molecular formula is C15H16ClNO. The third-order valence-corrected chi connectivity index (χ3v) is 4.47. The van der Waals surface area contributed by atoms with Crippen LogP contribution in [0.4, 0.5) is 0 Å². The molecule has 0 spiro atoms. The molecule has 2 bridgehead atoms. The molecule has 0 radical (unpaired) electrons. The normalized spacial score (nSPS) is 27.6.